The minimum absolute atomic E-state index is 0.107. The summed E-state index contributed by atoms with van der Waals surface area (Å²) in [6, 6.07) is 9.48. The summed E-state index contributed by atoms with van der Waals surface area (Å²) in [5.41, 5.74) is 11.0. The summed E-state index contributed by atoms with van der Waals surface area (Å²) in [4.78, 5) is 25.9. The van der Waals surface area contributed by atoms with Gasteiger partial charge in [-0.05, 0) is 61.6 Å². The van der Waals surface area contributed by atoms with Gasteiger partial charge in [-0.2, -0.15) is 0 Å². The highest BCUT2D eigenvalue weighted by Gasteiger charge is 2.26. The van der Waals surface area contributed by atoms with E-state index < -0.39 is 23.6 Å². The first-order valence-corrected chi connectivity index (χ1v) is 11.4. The zero-order valence-corrected chi connectivity index (χ0v) is 21.7. The largest absolute Gasteiger partial charge is 0.481 e. The number of nitrogens with zero attached hydrogens (tertiary/aromatic N) is 2. The second kappa shape index (κ2) is 11.4. The molecule has 192 valence electrons. The number of hydrazine groups is 1. The molecule has 9 heteroatoms. The molecule has 2 aromatic rings. The van der Waals surface area contributed by atoms with Crippen molar-refractivity contribution in [2.45, 2.75) is 52.2 Å². The van der Waals surface area contributed by atoms with Crippen molar-refractivity contribution in [3.05, 3.63) is 58.1 Å². The Morgan fingerprint density at radius 1 is 1.14 bits per heavy atom. The molecule has 0 saturated heterocycles. The molecule has 1 amide bonds. The Balaban J connectivity index is 2.41. The van der Waals surface area contributed by atoms with E-state index in [1.807, 2.05) is 38.1 Å². The molecule has 0 aliphatic carbocycles. The second-order valence-electron chi connectivity index (χ2n) is 9.58. The van der Waals surface area contributed by atoms with Crippen LogP contribution in [-0.4, -0.2) is 55.5 Å². The number of ether oxygens (including phenoxy) is 2. The Bertz CT molecular complexity index is 1070. The number of anilines is 2. The number of methoxy groups -OCH3 is 1. The molecule has 0 aromatic heterocycles. The SMILES string of the molecule is COCC(C)(C)OC(=O)N(C)Cc1cc(C(CC(=O)O)c2ccc(N(C)N)c(N)c2C)ccc1C. The van der Waals surface area contributed by atoms with Crippen molar-refractivity contribution in [2.24, 2.45) is 5.84 Å². The maximum Gasteiger partial charge on any atom is 0.410 e. The summed E-state index contributed by atoms with van der Waals surface area (Å²) in [6.07, 6.45) is -0.576. The van der Waals surface area contributed by atoms with Crippen LogP contribution in [0.2, 0.25) is 0 Å². The summed E-state index contributed by atoms with van der Waals surface area (Å²) >= 11 is 0. The van der Waals surface area contributed by atoms with Crippen molar-refractivity contribution in [3.63, 3.8) is 0 Å². The van der Waals surface area contributed by atoms with E-state index in [-0.39, 0.29) is 13.0 Å². The number of carboxylic acid groups (broad SMARTS) is 1. The van der Waals surface area contributed by atoms with Gasteiger partial charge in [-0.1, -0.05) is 24.3 Å². The van der Waals surface area contributed by atoms with Crippen molar-refractivity contribution < 1.29 is 24.2 Å². The minimum Gasteiger partial charge on any atom is -0.481 e. The lowest BCUT2D eigenvalue weighted by Gasteiger charge is -2.28. The molecule has 9 nitrogen and oxygen atoms in total. The third-order valence-electron chi connectivity index (χ3n) is 6.02. The zero-order valence-electron chi connectivity index (χ0n) is 21.7. The normalized spacial score (nSPS) is 12.2. The first-order valence-electron chi connectivity index (χ1n) is 11.4. The van der Waals surface area contributed by atoms with Crippen LogP contribution in [0.3, 0.4) is 0 Å². The first-order chi connectivity index (χ1) is 16.3. The molecule has 2 aromatic carbocycles. The van der Waals surface area contributed by atoms with Crippen molar-refractivity contribution >= 4 is 23.4 Å². The molecule has 0 bridgehead atoms. The highest BCUT2D eigenvalue weighted by Crippen LogP contribution is 2.37. The van der Waals surface area contributed by atoms with Crippen LogP contribution in [0, 0.1) is 13.8 Å². The molecule has 5 N–H and O–H groups in total. The summed E-state index contributed by atoms with van der Waals surface area (Å²) < 4.78 is 10.7. The highest BCUT2D eigenvalue weighted by molar-refractivity contribution is 5.74. The number of rotatable bonds is 10. The number of carbonyl (C=O) groups is 2. The maximum absolute atomic E-state index is 12.6. The Morgan fingerprint density at radius 2 is 1.80 bits per heavy atom. The number of benzene rings is 2. The van der Waals surface area contributed by atoms with Crippen LogP contribution in [0.25, 0.3) is 0 Å². The average molecular weight is 487 g/mol. The second-order valence-corrected chi connectivity index (χ2v) is 9.58. The number of nitrogens with two attached hydrogens (primary N) is 2. The van der Waals surface area contributed by atoms with E-state index >= 15 is 0 Å². The summed E-state index contributed by atoms with van der Waals surface area (Å²) in [5.74, 6) is 4.53. The van der Waals surface area contributed by atoms with Crippen LogP contribution >= 0.6 is 0 Å². The smallest absolute Gasteiger partial charge is 0.410 e. The summed E-state index contributed by atoms with van der Waals surface area (Å²) in [6.45, 7) is 7.97. The van der Waals surface area contributed by atoms with Gasteiger partial charge in [-0.15, -0.1) is 0 Å². The van der Waals surface area contributed by atoms with Gasteiger partial charge in [0, 0.05) is 33.7 Å². The first kappa shape index (κ1) is 27.9. The van der Waals surface area contributed by atoms with Crippen molar-refractivity contribution in [3.8, 4) is 0 Å². The molecule has 0 fully saturated rings. The van der Waals surface area contributed by atoms with Crippen molar-refractivity contribution in [2.75, 3.05) is 38.6 Å². The fourth-order valence-corrected chi connectivity index (χ4v) is 4.09. The molecule has 0 saturated carbocycles. The van der Waals surface area contributed by atoms with Gasteiger partial charge in [0.1, 0.15) is 5.60 Å². The molecule has 0 aliphatic rings. The molecule has 0 spiro atoms. The van der Waals surface area contributed by atoms with E-state index in [1.165, 1.54) is 9.91 Å². The lowest BCUT2D eigenvalue weighted by Crippen LogP contribution is -2.38. The van der Waals surface area contributed by atoms with Crippen molar-refractivity contribution in [1.82, 2.24) is 4.90 Å². The monoisotopic (exact) mass is 486 g/mol. The van der Waals surface area contributed by atoms with E-state index in [0.717, 1.165) is 27.8 Å². The number of nitrogen functional groups attached to an aromatic ring is 1. The Morgan fingerprint density at radius 3 is 2.37 bits per heavy atom. The predicted octanol–water partition coefficient (Wildman–Crippen LogP) is 3.80. The van der Waals surface area contributed by atoms with Crippen LogP contribution in [0.15, 0.2) is 30.3 Å². The van der Waals surface area contributed by atoms with E-state index in [0.29, 0.717) is 17.9 Å². The molecule has 1 unspecified atom stereocenters. The van der Waals surface area contributed by atoms with E-state index in [1.54, 1.807) is 41.1 Å². The predicted molar refractivity (Wildman–Crippen MR) is 137 cm³/mol. The molecule has 0 radical (unpaired) electrons. The molecular weight excluding hydrogens is 448 g/mol. The Hall–Kier alpha value is -3.30. The van der Waals surface area contributed by atoms with Crippen molar-refractivity contribution in [1.29, 1.82) is 0 Å². The lowest BCUT2D eigenvalue weighted by atomic mass is 9.84. The lowest BCUT2D eigenvalue weighted by molar-refractivity contribution is -0.137. The maximum atomic E-state index is 12.6. The van der Waals surface area contributed by atoms with Crippen LogP contribution in [0.5, 0.6) is 0 Å². The third kappa shape index (κ3) is 7.10. The number of carboxylic acids is 1. The number of hydrogen-bond acceptors (Lipinski definition) is 7. The highest BCUT2D eigenvalue weighted by atomic mass is 16.6. The number of carbonyl (C=O) groups excluding carboxylic acids is 1. The topological polar surface area (TPSA) is 131 Å². The average Bonchev–Trinajstić information content (AvgIpc) is 2.75. The molecule has 1 atom stereocenters. The Kier molecular flexibility index (Phi) is 9.12. The fourth-order valence-electron chi connectivity index (χ4n) is 4.09. The molecule has 2 rings (SSSR count). The van der Waals surface area contributed by atoms with Crippen LogP contribution < -0.4 is 16.6 Å². The Labute approximate surface area is 207 Å². The molecule has 0 aliphatic heterocycles. The molecule has 35 heavy (non-hydrogen) atoms. The van der Waals surface area contributed by atoms with Crippen LogP contribution in [0.4, 0.5) is 16.2 Å². The van der Waals surface area contributed by atoms with Gasteiger partial charge in [-0.3, -0.25) is 4.79 Å². The standard InChI is InChI=1S/C26H38N4O5/c1-16-8-9-18(12-19(16)14-29(5)25(33)35-26(3,4)15-34-7)21(13-23(31)32)20-10-11-22(30(6)28)24(27)17(20)2/h8-12,21H,13-15,27-28H2,1-7H3,(H,31,32). The fraction of sp³-hybridized carbons (Fsp3) is 0.462. The molecule has 0 heterocycles. The van der Waals surface area contributed by atoms with E-state index in [9.17, 15) is 14.7 Å². The zero-order chi connectivity index (χ0) is 26.5. The van der Waals surface area contributed by atoms with E-state index in [4.69, 9.17) is 21.1 Å². The third-order valence-corrected chi connectivity index (χ3v) is 6.02. The number of aliphatic carboxylic acids is 1. The van der Waals surface area contributed by atoms with Gasteiger partial charge in [0.25, 0.3) is 0 Å². The van der Waals surface area contributed by atoms with Gasteiger partial charge in [0.2, 0.25) is 0 Å². The van der Waals surface area contributed by atoms with Gasteiger partial charge in [0.15, 0.2) is 0 Å². The molecular formula is C26H38N4O5. The number of amides is 1. The minimum atomic E-state index is -0.920. The van der Waals surface area contributed by atoms with E-state index in [2.05, 4.69) is 0 Å². The number of hydrogen-bond donors (Lipinski definition) is 3. The summed E-state index contributed by atoms with van der Waals surface area (Å²) in [7, 11) is 4.92. The summed E-state index contributed by atoms with van der Waals surface area (Å²) in [5, 5.41) is 11.1. The van der Waals surface area contributed by atoms with Gasteiger partial charge in [-0.25, -0.2) is 10.6 Å². The van der Waals surface area contributed by atoms with Crippen LogP contribution in [-0.2, 0) is 20.8 Å². The van der Waals surface area contributed by atoms with Gasteiger partial charge in [0.05, 0.1) is 24.4 Å². The van der Waals surface area contributed by atoms with Gasteiger partial charge >= 0.3 is 12.1 Å². The van der Waals surface area contributed by atoms with Crippen LogP contribution in [0.1, 0.15) is 54.0 Å². The van der Waals surface area contributed by atoms with Gasteiger partial charge < -0.3 is 30.2 Å². The quantitative estimate of drug-likeness (QED) is 0.263. The number of aryl methyl sites for hydroxylation is 1.